The number of amides is 2. The van der Waals surface area contributed by atoms with Gasteiger partial charge in [-0.3, -0.25) is 9.59 Å². The number of allylic oxidation sites excluding steroid dienone is 1. The molecule has 1 saturated heterocycles. The zero-order chi connectivity index (χ0) is 21.3. The normalized spacial score (nSPS) is 15.3. The molecule has 30 heavy (non-hydrogen) atoms. The number of anilines is 1. The lowest BCUT2D eigenvalue weighted by atomic mass is 9.93. The number of fused-ring (bicyclic) bond motifs is 3. The molecule has 3 heterocycles. The number of hydrogen-bond acceptors (Lipinski definition) is 4. The van der Waals surface area contributed by atoms with E-state index in [2.05, 4.69) is 15.4 Å². The molecule has 3 N–H and O–H groups in total. The first kappa shape index (κ1) is 19.7. The predicted octanol–water partition coefficient (Wildman–Crippen LogP) is 2.94. The highest BCUT2D eigenvalue weighted by atomic mass is 16.4. The van der Waals surface area contributed by atoms with Crippen molar-refractivity contribution in [1.82, 2.24) is 19.5 Å². The number of nitrogens with zero attached hydrogens (tertiary/aromatic N) is 3. The lowest BCUT2D eigenvalue weighted by Crippen LogP contribution is -2.37. The lowest BCUT2D eigenvalue weighted by molar-refractivity contribution is -0.115. The Kier molecular flexibility index (Phi) is 5.26. The zero-order valence-corrected chi connectivity index (χ0v) is 16.6. The molecular weight excluding hydrogens is 386 g/mol. The van der Waals surface area contributed by atoms with E-state index >= 15 is 0 Å². The molecule has 1 aromatic carbocycles. The number of aromatic amines is 1. The molecule has 1 fully saturated rings. The summed E-state index contributed by atoms with van der Waals surface area (Å²) in [4.78, 5) is 40.1. The maximum atomic E-state index is 12.4. The van der Waals surface area contributed by atoms with Crippen LogP contribution in [-0.4, -0.2) is 49.7 Å². The molecule has 9 nitrogen and oxygen atoms in total. The van der Waals surface area contributed by atoms with E-state index in [1.807, 2.05) is 25.1 Å². The van der Waals surface area contributed by atoms with Gasteiger partial charge in [-0.15, -0.1) is 0 Å². The molecule has 0 atom stereocenters. The van der Waals surface area contributed by atoms with Crippen molar-refractivity contribution in [2.45, 2.75) is 32.1 Å². The molecule has 0 unspecified atom stereocenters. The molecule has 1 aliphatic heterocycles. The monoisotopic (exact) mass is 409 g/mol. The molecule has 156 valence electrons. The summed E-state index contributed by atoms with van der Waals surface area (Å²) in [5, 5.41) is 17.4. The minimum absolute atomic E-state index is 0.0208. The molecule has 2 aromatic heterocycles. The summed E-state index contributed by atoms with van der Waals surface area (Å²) in [6, 6.07) is 6.96. The average Bonchev–Trinajstić information content (AvgIpc) is 3.11. The first-order valence-electron chi connectivity index (χ1n) is 9.91. The fraction of sp³-hybridized carbons (Fsp3) is 0.333. The Labute approximate surface area is 172 Å². The molecule has 0 radical (unpaired) electrons. The Balaban J connectivity index is 1.77. The number of carboxylic acid groups (broad SMARTS) is 1. The van der Waals surface area contributed by atoms with Gasteiger partial charge in [-0.25, -0.2) is 9.31 Å². The van der Waals surface area contributed by atoms with Crippen molar-refractivity contribution < 1.29 is 14.7 Å². The Morgan fingerprint density at radius 2 is 2.10 bits per heavy atom. The number of benzene rings is 1. The SMILES string of the molecule is CC=CCC(=O)Nc1cccc2nn3c(C4CCN(C(=O)O)CC4)cc(=O)[nH]c3c12. The number of piperidine rings is 1. The molecule has 2 amide bonds. The van der Waals surface area contributed by atoms with Crippen molar-refractivity contribution in [2.75, 3.05) is 18.4 Å². The minimum Gasteiger partial charge on any atom is -0.465 e. The first-order valence-corrected chi connectivity index (χ1v) is 9.91. The van der Waals surface area contributed by atoms with Gasteiger partial charge in [-0.05, 0) is 31.9 Å². The summed E-state index contributed by atoms with van der Waals surface area (Å²) in [5.74, 6) is -0.132. The maximum Gasteiger partial charge on any atom is 0.407 e. The third-order valence-corrected chi connectivity index (χ3v) is 5.46. The molecule has 0 bridgehead atoms. The van der Waals surface area contributed by atoms with Crippen LogP contribution in [0.4, 0.5) is 10.5 Å². The summed E-state index contributed by atoms with van der Waals surface area (Å²) >= 11 is 0. The fourth-order valence-electron chi connectivity index (χ4n) is 3.97. The van der Waals surface area contributed by atoms with E-state index in [1.54, 1.807) is 16.7 Å². The molecular formula is C21H23N5O4. The van der Waals surface area contributed by atoms with Crippen LogP contribution in [0, 0.1) is 0 Å². The van der Waals surface area contributed by atoms with Gasteiger partial charge >= 0.3 is 6.09 Å². The number of likely N-dealkylation sites (tertiary alicyclic amines) is 1. The van der Waals surface area contributed by atoms with Crippen LogP contribution in [0.3, 0.4) is 0 Å². The number of hydrogen-bond donors (Lipinski definition) is 3. The van der Waals surface area contributed by atoms with E-state index in [9.17, 15) is 19.5 Å². The fourth-order valence-corrected chi connectivity index (χ4v) is 3.97. The van der Waals surface area contributed by atoms with Gasteiger partial charge in [0.05, 0.1) is 22.3 Å². The highest BCUT2D eigenvalue weighted by Gasteiger charge is 2.26. The van der Waals surface area contributed by atoms with Gasteiger partial charge in [0, 0.05) is 31.5 Å². The second-order valence-electron chi connectivity index (χ2n) is 7.38. The number of carbonyl (C=O) groups is 2. The van der Waals surface area contributed by atoms with Gasteiger partial charge in [0.1, 0.15) is 5.65 Å². The number of rotatable bonds is 4. The quantitative estimate of drug-likeness (QED) is 0.572. The van der Waals surface area contributed by atoms with E-state index < -0.39 is 6.09 Å². The number of aromatic nitrogens is 3. The van der Waals surface area contributed by atoms with E-state index in [0.29, 0.717) is 48.2 Å². The molecule has 3 aromatic rings. The van der Waals surface area contributed by atoms with Crippen molar-refractivity contribution >= 4 is 34.2 Å². The highest BCUT2D eigenvalue weighted by Crippen LogP contribution is 2.31. The summed E-state index contributed by atoms with van der Waals surface area (Å²) in [7, 11) is 0. The predicted molar refractivity (Wildman–Crippen MR) is 113 cm³/mol. The van der Waals surface area contributed by atoms with Crippen molar-refractivity contribution in [3.63, 3.8) is 0 Å². The Bertz CT molecular complexity index is 1200. The first-order chi connectivity index (χ1) is 14.5. The maximum absolute atomic E-state index is 12.4. The van der Waals surface area contributed by atoms with Crippen LogP contribution in [0.15, 0.2) is 41.2 Å². The van der Waals surface area contributed by atoms with Gasteiger partial charge in [0.15, 0.2) is 0 Å². The Morgan fingerprint density at radius 1 is 1.33 bits per heavy atom. The highest BCUT2D eigenvalue weighted by molar-refractivity contribution is 6.07. The standard InChI is InChI=1S/C21H23N5O4/c1-2-3-7-17(27)22-14-5-4-6-15-19(14)20-23-18(28)12-16(26(20)24-15)13-8-10-25(11-9-13)21(29)30/h2-6,12-13H,7-11H2,1H3,(H,22,27)(H,23,28)(H,29,30). The van der Waals surface area contributed by atoms with Crippen molar-refractivity contribution in [3.05, 3.63) is 52.5 Å². The molecule has 0 spiro atoms. The number of H-pyrrole nitrogens is 1. The van der Waals surface area contributed by atoms with Crippen molar-refractivity contribution in [1.29, 1.82) is 0 Å². The third kappa shape index (κ3) is 3.66. The Morgan fingerprint density at radius 3 is 2.80 bits per heavy atom. The second-order valence-corrected chi connectivity index (χ2v) is 7.38. The molecule has 0 aliphatic carbocycles. The van der Waals surface area contributed by atoms with Crippen molar-refractivity contribution in [2.24, 2.45) is 0 Å². The summed E-state index contributed by atoms with van der Waals surface area (Å²) in [6.45, 7) is 2.69. The van der Waals surface area contributed by atoms with Crippen LogP contribution in [0.25, 0.3) is 16.6 Å². The number of carbonyl (C=O) groups excluding carboxylic acids is 1. The lowest BCUT2D eigenvalue weighted by Gasteiger charge is -2.30. The smallest absolute Gasteiger partial charge is 0.407 e. The molecule has 0 saturated carbocycles. The van der Waals surface area contributed by atoms with Crippen molar-refractivity contribution in [3.8, 4) is 0 Å². The Hall–Kier alpha value is -3.62. The third-order valence-electron chi connectivity index (χ3n) is 5.46. The number of nitrogens with one attached hydrogen (secondary N) is 2. The topological polar surface area (TPSA) is 120 Å². The summed E-state index contributed by atoms with van der Waals surface area (Å²) < 4.78 is 1.72. The molecule has 4 rings (SSSR count). The van der Waals surface area contributed by atoms with Gasteiger partial charge < -0.3 is 20.3 Å². The second kappa shape index (κ2) is 8.02. The van der Waals surface area contributed by atoms with Crippen LogP contribution >= 0.6 is 0 Å². The van der Waals surface area contributed by atoms with E-state index in [-0.39, 0.29) is 23.8 Å². The van der Waals surface area contributed by atoms with Gasteiger partial charge in [0.2, 0.25) is 5.91 Å². The average molecular weight is 409 g/mol. The summed E-state index contributed by atoms with van der Waals surface area (Å²) in [6.07, 6.45) is 4.16. The van der Waals surface area contributed by atoms with Crippen LogP contribution in [0.1, 0.15) is 37.8 Å². The van der Waals surface area contributed by atoms with E-state index in [1.165, 1.54) is 11.0 Å². The summed E-state index contributed by atoms with van der Waals surface area (Å²) in [5.41, 5.74) is 2.27. The largest absolute Gasteiger partial charge is 0.465 e. The van der Waals surface area contributed by atoms with E-state index in [4.69, 9.17) is 0 Å². The van der Waals surface area contributed by atoms with Crippen LogP contribution in [-0.2, 0) is 4.79 Å². The van der Waals surface area contributed by atoms with Crippen LogP contribution in [0.5, 0.6) is 0 Å². The van der Waals surface area contributed by atoms with Crippen LogP contribution in [0.2, 0.25) is 0 Å². The van der Waals surface area contributed by atoms with Gasteiger partial charge in [0.25, 0.3) is 5.56 Å². The molecule has 9 heteroatoms. The van der Waals surface area contributed by atoms with Crippen LogP contribution < -0.4 is 10.9 Å². The van der Waals surface area contributed by atoms with E-state index in [0.717, 1.165) is 5.69 Å². The van der Waals surface area contributed by atoms with Gasteiger partial charge in [-0.2, -0.15) is 5.10 Å². The van der Waals surface area contributed by atoms with Gasteiger partial charge in [-0.1, -0.05) is 18.2 Å². The minimum atomic E-state index is -0.923. The zero-order valence-electron chi connectivity index (χ0n) is 16.6. The molecule has 1 aliphatic rings.